The van der Waals surface area contributed by atoms with E-state index in [2.05, 4.69) is 0 Å². The molecule has 0 radical (unpaired) electrons. The number of nitrogens with zero attached hydrogens (tertiary/aromatic N) is 2. The summed E-state index contributed by atoms with van der Waals surface area (Å²) in [5.74, 6) is 0.140. The molecular weight excluding hydrogens is 364 g/mol. The maximum absolute atomic E-state index is 12.6. The van der Waals surface area contributed by atoms with Crippen molar-refractivity contribution in [1.82, 2.24) is 4.90 Å². The Bertz CT molecular complexity index is 820. The predicted octanol–water partition coefficient (Wildman–Crippen LogP) is 1.16. The molecule has 1 saturated heterocycles. The van der Waals surface area contributed by atoms with Gasteiger partial charge in [0.2, 0.25) is 0 Å². The Morgan fingerprint density at radius 2 is 2.00 bits per heavy atom. The molecule has 1 aliphatic carbocycles. The van der Waals surface area contributed by atoms with E-state index in [4.69, 9.17) is 9.47 Å². The molecule has 1 aromatic rings. The van der Waals surface area contributed by atoms with Gasteiger partial charge < -0.3 is 14.4 Å². The number of hydrogen-bond donors (Lipinski definition) is 0. The summed E-state index contributed by atoms with van der Waals surface area (Å²) in [5.41, 5.74) is -0.172. The smallest absolute Gasteiger partial charge is 0.273 e. The van der Waals surface area contributed by atoms with Crippen molar-refractivity contribution in [2.75, 3.05) is 25.2 Å². The maximum Gasteiger partial charge on any atom is 0.273 e. The number of carbonyl (C=O) groups is 1. The molecule has 9 nitrogen and oxygen atoms in total. The molecule has 1 heterocycles. The highest BCUT2D eigenvalue weighted by molar-refractivity contribution is 7.91. The Morgan fingerprint density at radius 1 is 1.27 bits per heavy atom. The van der Waals surface area contributed by atoms with Crippen LogP contribution in [0.25, 0.3) is 0 Å². The number of non-ortho nitro benzene ring substituents is 1. The molecule has 0 bridgehead atoms. The molecule has 0 aromatic heterocycles. The number of hydrogen-bond acceptors (Lipinski definition) is 7. The molecule has 0 N–H and O–H groups in total. The fourth-order valence-corrected chi connectivity index (χ4v) is 4.87. The summed E-state index contributed by atoms with van der Waals surface area (Å²) in [7, 11) is -1.70. The van der Waals surface area contributed by atoms with Crippen LogP contribution in [0.3, 0.4) is 0 Å². The van der Waals surface area contributed by atoms with E-state index in [0.717, 1.165) is 12.8 Å². The molecule has 3 rings (SSSR count). The van der Waals surface area contributed by atoms with Gasteiger partial charge in [0.25, 0.3) is 11.6 Å². The van der Waals surface area contributed by atoms with Crippen LogP contribution in [0.5, 0.6) is 11.5 Å². The first-order valence-electron chi connectivity index (χ1n) is 8.27. The second-order valence-corrected chi connectivity index (χ2v) is 8.70. The topological polar surface area (TPSA) is 116 Å². The van der Waals surface area contributed by atoms with Crippen molar-refractivity contribution in [2.24, 2.45) is 0 Å². The van der Waals surface area contributed by atoms with Gasteiger partial charge in [-0.05, 0) is 25.3 Å². The summed E-state index contributed by atoms with van der Waals surface area (Å²) >= 11 is 0. The molecule has 26 heavy (non-hydrogen) atoms. The predicted molar refractivity (Wildman–Crippen MR) is 92.1 cm³/mol. The molecule has 1 aromatic carbocycles. The third-order valence-electron chi connectivity index (χ3n) is 4.54. The van der Waals surface area contributed by atoms with Crippen LogP contribution in [0.1, 0.15) is 19.3 Å². The zero-order valence-electron chi connectivity index (χ0n) is 14.3. The van der Waals surface area contributed by atoms with Crippen LogP contribution < -0.4 is 9.47 Å². The number of methoxy groups -OCH3 is 1. The lowest BCUT2D eigenvalue weighted by molar-refractivity contribution is -0.385. The van der Waals surface area contributed by atoms with Crippen LogP contribution in [0.4, 0.5) is 5.69 Å². The lowest BCUT2D eigenvalue weighted by atomic mass is 10.2. The fourth-order valence-electron chi connectivity index (χ4n) is 3.16. The van der Waals surface area contributed by atoms with Gasteiger partial charge in [0.1, 0.15) is 0 Å². The van der Waals surface area contributed by atoms with E-state index < -0.39 is 14.8 Å². The average molecular weight is 384 g/mol. The van der Waals surface area contributed by atoms with Crippen molar-refractivity contribution in [3.05, 3.63) is 28.3 Å². The minimum absolute atomic E-state index is 0.0185. The lowest BCUT2D eigenvalue weighted by Gasteiger charge is -2.28. The van der Waals surface area contributed by atoms with Gasteiger partial charge in [-0.25, -0.2) is 8.42 Å². The number of amides is 1. The van der Waals surface area contributed by atoms with E-state index in [-0.39, 0.29) is 53.3 Å². The van der Waals surface area contributed by atoms with Gasteiger partial charge in [-0.1, -0.05) is 0 Å². The number of benzene rings is 1. The number of nitro groups is 1. The largest absolute Gasteiger partial charge is 0.493 e. The monoisotopic (exact) mass is 384 g/mol. The van der Waals surface area contributed by atoms with Crippen molar-refractivity contribution in [3.63, 3.8) is 0 Å². The Balaban J connectivity index is 1.71. The molecule has 2 aliphatic rings. The van der Waals surface area contributed by atoms with Gasteiger partial charge in [-0.15, -0.1) is 0 Å². The third kappa shape index (κ3) is 4.06. The van der Waals surface area contributed by atoms with Crippen LogP contribution in [0.2, 0.25) is 0 Å². The van der Waals surface area contributed by atoms with Crippen LogP contribution >= 0.6 is 0 Å². The minimum Gasteiger partial charge on any atom is -0.493 e. The highest BCUT2D eigenvalue weighted by Crippen LogP contribution is 2.34. The summed E-state index contributed by atoms with van der Waals surface area (Å²) in [6.45, 7) is -0.329. The van der Waals surface area contributed by atoms with Crippen molar-refractivity contribution < 1.29 is 27.6 Å². The second kappa shape index (κ2) is 7.10. The summed E-state index contributed by atoms with van der Waals surface area (Å²) < 4.78 is 34.0. The van der Waals surface area contributed by atoms with Gasteiger partial charge in [0, 0.05) is 18.2 Å². The van der Waals surface area contributed by atoms with Crippen LogP contribution in [-0.4, -0.2) is 61.5 Å². The number of ether oxygens (including phenoxy) is 2. The van der Waals surface area contributed by atoms with E-state index in [1.165, 1.54) is 25.3 Å². The molecule has 10 heteroatoms. The molecule has 2 fully saturated rings. The number of sulfone groups is 1. The van der Waals surface area contributed by atoms with Crippen molar-refractivity contribution >= 4 is 21.4 Å². The van der Waals surface area contributed by atoms with Crippen molar-refractivity contribution in [1.29, 1.82) is 0 Å². The maximum atomic E-state index is 12.6. The van der Waals surface area contributed by atoms with Crippen LogP contribution in [-0.2, 0) is 14.6 Å². The number of nitro benzene ring substituents is 1. The molecule has 1 saturated carbocycles. The van der Waals surface area contributed by atoms with Gasteiger partial charge in [-0.3, -0.25) is 14.9 Å². The quantitative estimate of drug-likeness (QED) is 0.511. The number of carbonyl (C=O) groups excluding carboxylic acids is 1. The minimum atomic E-state index is -3.10. The summed E-state index contributed by atoms with van der Waals surface area (Å²) in [6.07, 6.45) is 2.13. The average Bonchev–Trinajstić information content (AvgIpc) is 3.36. The zero-order valence-corrected chi connectivity index (χ0v) is 15.1. The van der Waals surface area contributed by atoms with Gasteiger partial charge in [0.15, 0.2) is 27.9 Å². The van der Waals surface area contributed by atoms with E-state index in [9.17, 15) is 23.3 Å². The lowest BCUT2D eigenvalue weighted by Crippen LogP contribution is -2.45. The molecule has 1 unspecified atom stereocenters. The Hall–Kier alpha value is -2.36. The zero-order chi connectivity index (χ0) is 18.9. The highest BCUT2D eigenvalue weighted by atomic mass is 32.2. The normalized spacial score (nSPS) is 21.2. The second-order valence-electron chi connectivity index (χ2n) is 6.47. The van der Waals surface area contributed by atoms with E-state index in [1.807, 2.05) is 0 Å². The van der Waals surface area contributed by atoms with E-state index in [1.54, 1.807) is 4.90 Å². The van der Waals surface area contributed by atoms with Crippen LogP contribution in [0, 0.1) is 10.1 Å². The Morgan fingerprint density at radius 3 is 2.54 bits per heavy atom. The SMILES string of the molecule is COc1ccc([N+](=O)[O-])cc1OCC(=O)N(C1CC1)C1CCS(=O)(=O)C1. The Labute approximate surface area is 150 Å². The molecular formula is C16H20N2O7S. The van der Waals surface area contributed by atoms with E-state index >= 15 is 0 Å². The number of rotatable bonds is 7. The summed E-state index contributed by atoms with van der Waals surface area (Å²) in [4.78, 5) is 24.6. The van der Waals surface area contributed by atoms with Crippen LogP contribution in [0.15, 0.2) is 18.2 Å². The third-order valence-corrected chi connectivity index (χ3v) is 6.29. The molecule has 142 valence electrons. The molecule has 1 aliphatic heterocycles. The van der Waals surface area contributed by atoms with Crippen molar-refractivity contribution in [3.8, 4) is 11.5 Å². The molecule has 1 atom stereocenters. The Kier molecular flexibility index (Phi) is 5.03. The summed E-state index contributed by atoms with van der Waals surface area (Å²) in [6, 6.07) is 3.62. The van der Waals surface area contributed by atoms with Crippen molar-refractivity contribution in [2.45, 2.75) is 31.3 Å². The first-order chi connectivity index (χ1) is 12.3. The first-order valence-corrected chi connectivity index (χ1v) is 10.1. The summed E-state index contributed by atoms with van der Waals surface area (Å²) in [5, 5.41) is 10.9. The first kappa shape index (κ1) is 18.4. The molecule has 0 spiro atoms. The van der Waals surface area contributed by atoms with Gasteiger partial charge in [0.05, 0.1) is 29.6 Å². The highest BCUT2D eigenvalue weighted by Gasteiger charge is 2.42. The fraction of sp³-hybridized carbons (Fsp3) is 0.562. The van der Waals surface area contributed by atoms with E-state index in [0.29, 0.717) is 6.42 Å². The van der Waals surface area contributed by atoms with Gasteiger partial charge >= 0.3 is 0 Å². The van der Waals surface area contributed by atoms with Gasteiger partial charge in [-0.2, -0.15) is 0 Å². The molecule has 1 amide bonds. The standard InChI is InChI=1S/C16H20N2O7S/c1-24-14-5-4-12(18(20)21)8-15(14)25-9-16(19)17(11-2-3-11)13-6-7-26(22,23)10-13/h4-5,8,11,13H,2-3,6-7,9-10H2,1H3.